The van der Waals surface area contributed by atoms with Gasteiger partial charge in [0, 0.05) is 13.2 Å². The average Bonchev–Trinajstić information content (AvgIpc) is 2.34. The molecule has 0 aliphatic heterocycles. The third kappa shape index (κ3) is 4.93. The molecule has 0 bridgehead atoms. The predicted molar refractivity (Wildman–Crippen MR) is 76.7 cm³/mol. The maximum atomic E-state index is 12.1. The molecule has 0 unspecified atom stereocenters. The van der Waals surface area contributed by atoms with Crippen molar-refractivity contribution in [3.8, 4) is 0 Å². The average molecular weight is 285 g/mol. The maximum Gasteiger partial charge on any atom is 0.240 e. The van der Waals surface area contributed by atoms with E-state index in [0.717, 1.165) is 5.56 Å². The van der Waals surface area contributed by atoms with Crippen molar-refractivity contribution in [1.29, 1.82) is 0 Å². The van der Waals surface area contributed by atoms with E-state index < -0.39 is 10.0 Å². The number of aliphatic hydroxyl groups excluding tert-OH is 1. The summed E-state index contributed by atoms with van der Waals surface area (Å²) in [6, 6.07) is 7.02. The van der Waals surface area contributed by atoms with Gasteiger partial charge in [-0.05, 0) is 36.0 Å². The molecular formula is C14H23NO3S. The molecule has 0 fully saturated rings. The van der Waals surface area contributed by atoms with Crippen LogP contribution in [0.2, 0.25) is 0 Å². The Labute approximate surface area is 115 Å². The van der Waals surface area contributed by atoms with Gasteiger partial charge in [0.05, 0.1) is 4.90 Å². The van der Waals surface area contributed by atoms with Crippen molar-refractivity contribution < 1.29 is 13.5 Å². The van der Waals surface area contributed by atoms with E-state index in [-0.39, 0.29) is 12.0 Å². The van der Waals surface area contributed by atoms with Crippen LogP contribution in [0.25, 0.3) is 0 Å². The lowest BCUT2D eigenvalue weighted by Crippen LogP contribution is -2.25. The number of rotatable bonds is 6. The second-order valence-corrected chi connectivity index (χ2v) is 7.37. The van der Waals surface area contributed by atoms with Gasteiger partial charge in [-0.2, -0.15) is 0 Å². The van der Waals surface area contributed by atoms with Gasteiger partial charge >= 0.3 is 0 Å². The highest BCUT2D eigenvalue weighted by Gasteiger charge is 2.18. The summed E-state index contributed by atoms with van der Waals surface area (Å²) < 4.78 is 26.8. The summed E-state index contributed by atoms with van der Waals surface area (Å²) in [6.45, 7) is 6.58. The summed E-state index contributed by atoms with van der Waals surface area (Å²) in [4.78, 5) is 0.295. The zero-order valence-corrected chi connectivity index (χ0v) is 12.6. The molecule has 2 N–H and O–H groups in total. The lowest BCUT2D eigenvalue weighted by atomic mass is 9.87. The van der Waals surface area contributed by atoms with Gasteiger partial charge in [-0.15, -0.1) is 0 Å². The molecule has 1 aromatic carbocycles. The van der Waals surface area contributed by atoms with E-state index in [9.17, 15) is 8.42 Å². The Hall–Kier alpha value is -0.910. The first-order valence-corrected chi connectivity index (χ1v) is 7.97. The van der Waals surface area contributed by atoms with Gasteiger partial charge in [0.15, 0.2) is 0 Å². The molecule has 19 heavy (non-hydrogen) atoms. The highest BCUT2D eigenvalue weighted by molar-refractivity contribution is 7.89. The van der Waals surface area contributed by atoms with Crippen molar-refractivity contribution in [2.75, 3.05) is 13.2 Å². The quantitative estimate of drug-likeness (QED) is 0.786. The molecule has 1 aromatic rings. The second-order valence-electron chi connectivity index (χ2n) is 5.61. The Morgan fingerprint density at radius 3 is 2.47 bits per heavy atom. The lowest BCUT2D eigenvalue weighted by molar-refractivity contribution is 0.285. The van der Waals surface area contributed by atoms with Crippen LogP contribution in [-0.2, 0) is 15.4 Å². The molecule has 0 radical (unpaired) electrons. The first-order valence-electron chi connectivity index (χ1n) is 6.48. The Morgan fingerprint density at radius 2 is 1.89 bits per heavy atom. The van der Waals surface area contributed by atoms with Gasteiger partial charge in [0.25, 0.3) is 0 Å². The summed E-state index contributed by atoms with van der Waals surface area (Å²) in [6.07, 6.45) is 1.24. The van der Waals surface area contributed by atoms with Crippen LogP contribution in [0, 0.1) is 0 Å². The Morgan fingerprint density at radius 1 is 1.21 bits per heavy atom. The van der Waals surface area contributed by atoms with E-state index in [0.29, 0.717) is 24.3 Å². The normalized spacial score (nSPS) is 12.6. The predicted octanol–water partition coefficient (Wildman–Crippen LogP) is 2.03. The lowest BCUT2D eigenvalue weighted by Gasteiger charge is -2.19. The molecular weight excluding hydrogens is 262 g/mol. The number of sulfonamides is 1. The van der Waals surface area contributed by atoms with Crippen LogP contribution < -0.4 is 4.72 Å². The van der Waals surface area contributed by atoms with Crippen molar-refractivity contribution in [3.05, 3.63) is 29.8 Å². The smallest absolute Gasteiger partial charge is 0.240 e. The topological polar surface area (TPSA) is 66.4 Å². The van der Waals surface area contributed by atoms with Crippen LogP contribution in [0.3, 0.4) is 0 Å². The molecule has 0 spiro atoms. The third-order valence-electron chi connectivity index (χ3n) is 2.89. The summed E-state index contributed by atoms with van der Waals surface area (Å²) in [7, 11) is -3.46. The molecule has 0 amide bonds. The number of benzene rings is 1. The molecule has 0 aliphatic rings. The van der Waals surface area contributed by atoms with E-state index >= 15 is 0 Å². The van der Waals surface area contributed by atoms with E-state index in [1.165, 1.54) is 0 Å². The highest BCUT2D eigenvalue weighted by Crippen LogP contribution is 2.24. The summed E-state index contributed by atoms with van der Waals surface area (Å²) in [5, 5.41) is 8.66. The fourth-order valence-corrected chi connectivity index (χ4v) is 2.78. The Kier molecular flexibility index (Phi) is 5.52. The zero-order valence-electron chi connectivity index (χ0n) is 11.8. The number of hydrogen-bond acceptors (Lipinski definition) is 3. The van der Waals surface area contributed by atoms with Crippen molar-refractivity contribution in [3.63, 3.8) is 0 Å². The van der Waals surface area contributed by atoms with Crippen molar-refractivity contribution >= 4 is 10.0 Å². The standard InChI is InChI=1S/C14H23NO3S/c1-14(2,3)12-7-6-8-13(11-12)19(17,18)15-9-4-5-10-16/h6-8,11,15-16H,4-5,9-10H2,1-3H3. The Balaban J connectivity index is 2.84. The highest BCUT2D eigenvalue weighted by atomic mass is 32.2. The molecule has 5 heteroatoms. The maximum absolute atomic E-state index is 12.1. The van der Waals surface area contributed by atoms with Crippen LogP contribution in [0.5, 0.6) is 0 Å². The monoisotopic (exact) mass is 285 g/mol. The number of hydrogen-bond donors (Lipinski definition) is 2. The SMILES string of the molecule is CC(C)(C)c1cccc(S(=O)(=O)NCCCCO)c1. The van der Waals surface area contributed by atoms with Gasteiger partial charge in [-0.3, -0.25) is 0 Å². The van der Waals surface area contributed by atoms with E-state index in [2.05, 4.69) is 4.72 Å². The molecule has 0 aromatic heterocycles. The van der Waals surface area contributed by atoms with Crippen LogP contribution >= 0.6 is 0 Å². The summed E-state index contributed by atoms with van der Waals surface area (Å²) >= 11 is 0. The fraction of sp³-hybridized carbons (Fsp3) is 0.571. The van der Waals surface area contributed by atoms with Gasteiger partial charge in [0.2, 0.25) is 10.0 Å². The number of aliphatic hydroxyl groups is 1. The second kappa shape index (κ2) is 6.50. The largest absolute Gasteiger partial charge is 0.396 e. The third-order valence-corrected chi connectivity index (χ3v) is 4.35. The minimum atomic E-state index is -3.46. The van der Waals surface area contributed by atoms with Crippen molar-refractivity contribution in [1.82, 2.24) is 4.72 Å². The molecule has 0 aliphatic carbocycles. The van der Waals surface area contributed by atoms with Crippen LogP contribution in [0.4, 0.5) is 0 Å². The van der Waals surface area contributed by atoms with E-state index in [1.807, 2.05) is 26.8 Å². The number of nitrogens with one attached hydrogen (secondary N) is 1. The van der Waals surface area contributed by atoms with Gasteiger partial charge < -0.3 is 5.11 Å². The molecule has 1 rings (SSSR count). The molecule has 0 heterocycles. The van der Waals surface area contributed by atoms with Crippen molar-refractivity contribution in [2.24, 2.45) is 0 Å². The molecule has 4 nitrogen and oxygen atoms in total. The summed E-state index contributed by atoms with van der Waals surface area (Å²) in [5.74, 6) is 0. The Bertz CT molecular complexity index is 504. The summed E-state index contributed by atoms with van der Waals surface area (Å²) in [5.41, 5.74) is 0.910. The number of unbranched alkanes of at least 4 members (excludes halogenated alkanes) is 1. The molecule has 0 saturated heterocycles. The van der Waals surface area contributed by atoms with Crippen LogP contribution in [-0.4, -0.2) is 26.7 Å². The zero-order chi connectivity index (χ0) is 14.5. The van der Waals surface area contributed by atoms with E-state index in [1.54, 1.807) is 18.2 Å². The van der Waals surface area contributed by atoms with Crippen LogP contribution in [0.1, 0.15) is 39.2 Å². The minimum absolute atomic E-state index is 0.0809. The minimum Gasteiger partial charge on any atom is -0.396 e. The van der Waals surface area contributed by atoms with Gasteiger partial charge in [-0.1, -0.05) is 32.9 Å². The van der Waals surface area contributed by atoms with Gasteiger partial charge in [0.1, 0.15) is 0 Å². The van der Waals surface area contributed by atoms with Crippen molar-refractivity contribution in [2.45, 2.75) is 43.9 Å². The van der Waals surface area contributed by atoms with Crippen LogP contribution in [0.15, 0.2) is 29.2 Å². The molecule has 108 valence electrons. The molecule has 0 atom stereocenters. The first kappa shape index (κ1) is 16.1. The van der Waals surface area contributed by atoms with E-state index in [4.69, 9.17) is 5.11 Å². The molecule has 0 saturated carbocycles. The van der Waals surface area contributed by atoms with Gasteiger partial charge in [-0.25, -0.2) is 13.1 Å². The first-order chi connectivity index (χ1) is 8.77. The fourth-order valence-electron chi connectivity index (χ4n) is 1.66.